The van der Waals surface area contributed by atoms with Crippen molar-refractivity contribution in [2.45, 2.75) is 18.4 Å². The molecule has 8 nitrogen and oxygen atoms in total. The number of non-ortho nitro benzene ring substituents is 1. The molecule has 1 heterocycles. The van der Waals surface area contributed by atoms with Gasteiger partial charge in [-0.3, -0.25) is 20.2 Å². The van der Waals surface area contributed by atoms with E-state index in [0.29, 0.717) is 34.0 Å². The molecule has 2 aromatic carbocycles. The van der Waals surface area contributed by atoms with E-state index < -0.39 is 9.85 Å². The van der Waals surface area contributed by atoms with Crippen molar-refractivity contribution in [3.05, 3.63) is 78.9 Å². The molecule has 0 fully saturated rings. The van der Waals surface area contributed by atoms with E-state index in [1.165, 1.54) is 31.4 Å². The second kappa shape index (κ2) is 6.79. The molecule has 0 spiro atoms. The second-order valence-corrected chi connectivity index (χ2v) is 7.18. The van der Waals surface area contributed by atoms with Crippen LogP contribution in [0.4, 0.5) is 17.1 Å². The first-order valence-electron chi connectivity index (χ1n) is 8.64. The molecule has 1 aliphatic carbocycles. The van der Waals surface area contributed by atoms with E-state index in [0.717, 1.165) is 0 Å². The zero-order chi connectivity index (χ0) is 20.0. The standard InChI is InChI=1S/C19H16ClN3O5/c1-28-16-8-7-15(23(26)27)17-11-3-2-4-12(11)18(21-19(16)17)13-9-10(22(24)25)5-6-14(13)20/h2-3,5-9,11-12,18,21H,4H2,1H3/t11-,12-,18-/m0/s1. The molecule has 2 aromatic rings. The van der Waals surface area contributed by atoms with E-state index in [1.54, 1.807) is 6.07 Å². The fourth-order valence-corrected chi connectivity index (χ4v) is 4.42. The molecule has 1 aliphatic heterocycles. The largest absolute Gasteiger partial charge is 0.495 e. The summed E-state index contributed by atoms with van der Waals surface area (Å²) < 4.78 is 5.42. The zero-order valence-electron chi connectivity index (χ0n) is 14.8. The minimum atomic E-state index is -0.466. The summed E-state index contributed by atoms with van der Waals surface area (Å²) in [5, 5.41) is 26.6. The van der Waals surface area contributed by atoms with Gasteiger partial charge in [-0.05, 0) is 24.5 Å². The number of nitro benzene ring substituents is 2. The first-order valence-corrected chi connectivity index (χ1v) is 9.02. The van der Waals surface area contributed by atoms with Gasteiger partial charge in [0.2, 0.25) is 0 Å². The number of nitrogens with zero attached hydrogens (tertiary/aromatic N) is 2. The summed E-state index contributed by atoms with van der Waals surface area (Å²) in [6, 6.07) is 6.98. The van der Waals surface area contributed by atoms with Crippen molar-refractivity contribution in [3.63, 3.8) is 0 Å². The molecule has 9 heteroatoms. The molecule has 0 unspecified atom stereocenters. The average Bonchev–Trinajstić information content (AvgIpc) is 3.16. The summed E-state index contributed by atoms with van der Waals surface area (Å²) in [6.45, 7) is 0. The highest BCUT2D eigenvalue weighted by atomic mass is 35.5. The number of halogens is 1. The Morgan fingerprint density at radius 3 is 2.64 bits per heavy atom. The highest BCUT2D eigenvalue weighted by Crippen LogP contribution is 2.55. The van der Waals surface area contributed by atoms with Crippen LogP contribution in [0.3, 0.4) is 0 Å². The lowest BCUT2D eigenvalue weighted by Gasteiger charge is -2.37. The monoisotopic (exact) mass is 401 g/mol. The Kier molecular flexibility index (Phi) is 4.43. The van der Waals surface area contributed by atoms with Crippen molar-refractivity contribution in [1.29, 1.82) is 0 Å². The lowest BCUT2D eigenvalue weighted by molar-refractivity contribution is -0.385. The Labute approximate surface area is 165 Å². The number of allylic oxidation sites excluding steroid dienone is 2. The van der Waals surface area contributed by atoms with Crippen LogP contribution in [0.15, 0.2) is 42.5 Å². The lowest BCUT2D eigenvalue weighted by atomic mass is 9.76. The van der Waals surface area contributed by atoms with Gasteiger partial charge in [-0.15, -0.1) is 0 Å². The van der Waals surface area contributed by atoms with Crippen LogP contribution in [-0.4, -0.2) is 17.0 Å². The minimum absolute atomic E-state index is 0.0217. The first-order chi connectivity index (χ1) is 13.4. The van der Waals surface area contributed by atoms with Gasteiger partial charge in [0, 0.05) is 34.7 Å². The van der Waals surface area contributed by atoms with Crippen LogP contribution in [0, 0.1) is 26.1 Å². The van der Waals surface area contributed by atoms with Gasteiger partial charge in [0.15, 0.2) is 0 Å². The van der Waals surface area contributed by atoms with E-state index in [1.807, 2.05) is 12.2 Å². The minimum Gasteiger partial charge on any atom is -0.495 e. The van der Waals surface area contributed by atoms with E-state index in [2.05, 4.69) is 5.32 Å². The third kappa shape index (κ3) is 2.77. The number of methoxy groups -OCH3 is 1. The normalized spacial score (nSPS) is 22.1. The highest BCUT2D eigenvalue weighted by Gasteiger charge is 2.43. The van der Waals surface area contributed by atoms with E-state index >= 15 is 0 Å². The fraction of sp³-hybridized carbons (Fsp3) is 0.263. The molecule has 0 aromatic heterocycles. The quantitative estimate of drug-likeness (QED) is 0.439. The number of nitro groups is 2. The average molecular weight is 402 g/mol. The number of ether oxygens (including phenoxy) is 1. The van der Waals surface area contributed by atoms with Gasteiger partial charge in [-0.2, -0.15) is 0 Å². The number of anilines is 1. The maximum absolute atomic E-state index is 11.6. The molecule has 1 N–H and O–H groups in total. The number of fused-ring (bicyclic) bond motifs is 3. The molecule has 28 heavy (non-hydrogen) atoms. The summed E-state index contributed by atoms with van der Waals surface area (Å²) in [5.74, 6) is 0.204. The van der Waals surface area contributed by atoms with Crippen molar-refractivity contribution in [2.24, 2.45) is 5.92 Å². The molecule has 0 saturated heterocycles. The SMILES string of the molecule is COc1ccc([N+](=O)[O-])c2c1N[C@H](c1cc([N+](=O)[O-])ccc1Cl)[C@H]1CC=C[C@H]21. The van der Waals surface area contributed by atoms with Crippen molar-refractivity contribution in [3.8, 4) is 5.75 Å². The maximum atomic E-state index is 11.6. The number of benzene rings is 2. The van der Waals surface area contributed by atoms with Gasteiger partial charge in [-0.1, -0.05) is 23.8 Å². The van der Waals surface area contributed by atoms with Crippen LogP contribution in [-0.2, 0) is 0 Å². The predicted molar refractivity (Wildman–Crippen MR) is 104 cm³/mol. The van der Waals surface area contributed by atoms with Gasteiger partial charge in [0.1, 0.15) is 5.75 Å². The molecule has 0 bridgehead atoms. The van der Waals surface area contributed by atoms with Crippen molar-refractivity contribution in [1.82, 2.24) is 0 Å². The third-order valence-electron chi connectivity index (χ3n) is 5.40. The highest BCUT2D eigenvalue weighted by molar-refractivity contribution is 6.31. The maximum Gasteiger partial charge on any atom is 0.275 e. The lowest BCUT2D eigenvalue weighted by Crippen LogP contribution is -2.30. The Morgan fingerprint density at radius 1 is 1.18 bits per heavy atom. The Morgan fingerprint density at radius 2 is 1.96 bits per heavy atom. The number of hydrogen-bond acceptors (Lipinski definition) is 6. The molecule has 2 aliphatic rings. The Balaban J connectivity index is 1.90. The molecular formula is C19H16ClN3O5. The van der Waals surface area contributed by atoms with E-state index in [4.69, 9.17) is 16.3 Å². The predicted octanol–water partition coefficient (Wildman–Crippen LogP) is 4.99. The van der Waals surface area contributed by atoms with Crippen molar-refractivity contribution >= 4 is 28.7 Å². The molecule has 3 atom stereocenters. The molecule has 0 radical (unpaired) electrons. The van der Waals surface area contributed by atoms with Crippen LogP contribution in [0.5, 0.6) is 5.75 Å². The summed E-state index contributed by atoms with van der Waals surface area (Å²) >= 11 is 6.38. The van der Waals surface area contributed by atoms with Gasteiger partial charge in [0.25, 0.3) is 11.4 Å². The Hall–Kier alpha value is -3.13. The molecule has 4 rings (SSSR count). The Bertz CT molecular complexity index is 1020. The van der Waals surface area contributed by atoms with Crippen LogP contribution in [0.25, 0.3) is 0 Å². The van der Waals surface area contributed by atoms with Crippen molar-refractivity contribution < 1.29 is 14.6 Å². The fourth-order valence-electron chi connectivity index (χ4n) is 4.18. The van der Waals surface area contributed by atoms with Gasteiger partial charge in [0.05, 0.1) is 34.2 Å². The molecule has 144 valence electrons. The molecular weight excluding hydrogens is 386 g/mol. The van der Waals surface area contributed by atoms with Gasteiger partial charge < -0.3 is 10.1 Å². The van der Waals surface area contributed by atoms with Gasteiger partial charge in [-0.25, -0.2) is 0 Å². The van der Waals surface area contributed by atoms with Crippen LogP contribution < -0.4 is 10.1 Å². The second-order valence-electron chi connectivity index (χ2n) is 6.77. The van der Waals surface area contributed by atoms with Crippen LogP contribution >= 0.6 is 11.6 Å². The molecule has 0 saturated carbocycles. The smallest absolute Gasteiger partial charge is 0.275 e. The third-order valence-corrected chi connectivity index (χ3v) is 5.74. The van der Waals surface area contributed by atoms with Gasteiger partial charge >= 0.3 is 0 Å². The van der Waals surface area contributed by atoms with E-state index in [-0.39, 0.29) is 29.3 Å². The van der Waals surface area contributed by atoms with E-state index in [9.17, 15) is 20.2 Å². The summed E-state index contributed by atoms with van der Waals surface area (Å²) in [6.07, 6.45) is 4.61. The first kappa shape index (κ1) is 18.2. The summed E-state index contributed by atoms with van der Waals surface area (Å²) in [5.41, 5.74) is 1.65. The number of rotatable bonds is 4. The zero-order valence-corrected chi connectivity index (χ0v) is 15.6. The van der Waals surface area contributed by atoms with Crippen molar-refractivity contribution in [2.75, 3.05) is 12.4 Å². The number of nitrogens with one attached hydrogen (secondary N) is 1. The molecule has 0 amide bonds. The summed E-state index contributed by atoms with van der Waals surface area (Å²) in [7, 11) is 1.50. The van der Waals surface area contributed by atoms with Crippen LogP contribution in [0.1, 0.15) is 29.5 Å². The summed E-state index contributed by atoms with van der Waals surface area (Å²) in [4.78, 5) is 22.0. The topological polar surface area (TPSA) is 108 Å². The van der Waals surface area contributed by atoms with Crippen LogP contribution in [0.2, 0.25) is 5.02 Å². The number of hydrogen-bond donors (Lipinski definition) is 1.